The number of ether oxygens (including phenoxy) is 2. The molecule has 9 nitrogen and oxygen atoms in total. The predicted octanol–water partition coefficient (Wildman–Crippen LogP) is 5.67. The van der Waals surface area contributed by atoms with Gasteiger partial charge in [0.25, 0.3) is 0 Å². The van der Waals surface area contributed by atoms with Gasteiger partial charge < -0.3 is 29.7 Å². The number of amides is 2. The number of aromatic amines is 2. The molecule has 10 heteroatoms. The Bertz CT molecular complexity index is 1930. The van der Waals surface area contributed by atoms with E-state index in [1.54, 1.807) is 38.2 Å². The first-order chi connectivity index (χ1) is 22.8. The molecule has 0 unspecified atom stereocenters. The first kappa shape index (κ1) is 31.9. The summed E-state index contributed by atoms with van der Waals surface area (Å²) in [6, 6.07) is 18.1. The van der Waals surface area contributed by atoms with E-state index in [2.05, 4.69) is 32.3 Å². The zero-order chi connectivity index (χ0) is 32.9. The Morgan fingerprint density at radius 3 is 2.53 bits per heavy atom. The van der Waals surface area contributed by atoms with Gasteiger partial charge in [0.05, 0.1) is 26.8 Å². The third kappa shape index (κ3) is 7.33. The van der Waals surface area contributed by atoms with Crippen molar-refractivity contribution in [2.24, 2.45) is 0 Å². The lowest BCUT2D eigenvalue weighted by Crippen LogP contribution is -2.49. The number of fused-ring (bicyclic) bond motifs is 2. The van der Waals surface area contributed by atoms with Crippen molar-refractivity contribution in [3.8, 4) is 11.5 Å². The van der Waals surface area contributed by atoms with Crippen molar-refractivity contribution in [3.63, 3.8) is 0 Å². The molecule has 2 amide bonds. The standard InChI is InChI=1S/C37H40FN5O4/c1-24(44)43(21-25-8-11-35(46-2)36(16-25)47-3)22-29(17-27-19-39-33-7-5-4-6-30(27)33)41-37(45)23-42-14-12-26(13-15-42)32-20-40-34-10-9-28(38)18-31(32)34/h4-12,16,18-20,29,39-40H,13-15,17,21-23H2,1-3H3,(H,41,45)/t29-/m1/s1. The number of H-pyrrole nitrogens is 2. The number of carbonyl (C=O) groups excluding carboxylic acids is 2. The van der Waals surface area contributed by atoms with Crippen LogP contribution in [-0.4, -0.2) is 78.0 Å². The molecule has 3 aromatic carbocycles. The van der Waals surface area contributed by atoms with Crippen molar-refractivity contribution >= 4 is 39.2 Å². The van der Waals surface area contributed by atoms with E-state index in [-0.39, 0.29) is 30.2 Å². The Hall–Kier alpha value is -5.09. The Labute approximate surface area is 273 Å². The molecular weight excluding hydrogens is 597 g/mol. The highest BCUT2D eigenvalue weighted by Crippen LogP contribution is 2.30. The lowest BCUT2D eigenvalue weighted by Gasteiger charge is -2.30. The van der Waals surface area contributed by atoms with E-state index in [1.165, 1.54) is 6.07 Å². The molecule has 47 heavy (non-hydrogen) atoms. The van der Waals surface area contributed by atoms with Crippen LogP contribution >= 0.6 is 0 Å². The van der Waals surface area contributed by atoms with Crippen LogP contribution in [0.3, 0.4) is 0 Å². The van der Waals surface area contributed by atoms with E-state index >= 15 is 0 Å². The van der Waals surface area contributed by atoms with E-state index in [4.69, 9.17) is 9.47 Å². The summed E-state index contributed by atoms with van der Waals surface area (Å²) in [5, 5.41) is 5.20. The highest BCUT2D eigenvalue weighted by atomic mass is 19.1. The first-order valence-electron chi connectivity index (χ1n) is 15.8. The number of hydrogen-bond acceptors (Lipinski definition) is 5. The van der Waals surface area contributed by atoms with E-state index in [1.807, 2.05) is 48.8 Å². The fraction of sp³-hybridized carbons (Fsp3) is 0.297. The van der Waals surface area contributed by atoms with E-state index in [0.717, 1.165) is 50.5 Å². The largest absolute Gasteiger partial charge is 0.493 e. The second-order valence-corrected chi connectivity index (χ2v) is 12.0. The van der Waals surface area contributed by atoms with Crippen LogP contribution in [0, 0.1) is 5.82 Å². The van der Waals surface area contributed by atoms with E-state index in [0.29, 0.717) is 44.1 Å². The maximum Gasteiger partial charge on any atom is 0.234 e. The summed E-state index contributed by atoms with van der Waals surface area (Å²) in [7, 11) is 3.17. The van der Waals surface area contributed by atoms with Gasteiger partial charge in [0.1, 0.15) is 5.82 Å². The molecule has 0 radical (unpaired) electrons. The molecule has 1 aliphatic rings. The van der Waals surface area contributed by atoms with Crippen LogP contribution in [-0.2, 0) is 22.6 Å². The zero-order valence-corrected chi connectivity index (χ0v) is 26.9. The van der Waals surface area contributed by atoms with E-state index < -0.39 is 0 Å². The number of nitrogens with zero attached hydrogens (tertiary/aromatic N) is 2. The molecule has 6 rings (SSSR count). The van der Waals surface area contributed by atoms with Gasteiger partial charge in [-0.25, -0.2) is 4.39 Å². The lowest BCUT2D eigenvalue weighted by atomic mass is 9.99. The Morgan fingerprint density at radius 1 is 0.979 bits per heavy atom. The van der Waals surface area contributed by atoms with Crippen molar-refractivity contribution in [3.05, 3.63) is 102 Å². The summed E-state index contributed by atoms with van der Waals surface area (Å²) in [6.45, 7) is 3.77. The van der Waals surface area contributed by atoms with Gasteiger partial charge >= 0.3 is 0 Å². The molecule has 0 saturated carbocycles. The summed E-state index contributed by atoms with van der Waals surface area (Å²) >= 11 is 0. The molecule has 1 atom stereocenters. The highest BCUT2D eigenvalue weighted by molar-refractivity contribution is 5.93. The van der Waals surface area contributed by atoms with Crippen LogP contribution in [0.2, 0.25) is 0 Å². The number of methoxy groups -OCH3 is 2. The minimum Gasteiger partial charge on any atom is -0.493 e. The smallest absolute Gasteiger partial charge is 0.234 e. The summed E-state index contributed by atoms with van der Waals surface area (Å²) < 4.78 is 24.8. The molecule has 3 N–H and O–H groups in total. The number of para-hydroxylation sites is 1. The van der Waals surface area contributed by atoms with Crippen LogP contribution in [0.15, 0.2) is 79.1 Å². The number of carbonyl (C=O) groups is 2. The number of nitrogens with one attached hydrogen (secondary N) is 3. The fourth-order valence-electron chi connectivity index (χ4n) is 6.43. The van der Waals surface area contributed by atoms with Gasteiger partial charge in [-0.1, -0.05) is 30.3 Å². The molecule has 5 aromatic rings. The monoisotopic (exact) mass is 637 g/mol. The van der Waals surface area contributed by atoms with Crippen molar-refractivity contribution in [2.45, 2.75) is 32.4 Å². The number of hydrogen-bond donors (Lipinski definition) is 3. The molecule has 0 aliphatic carbocycles. The van der Waals surface area contributed by atoms with Gasteiger partial charge in [-0.2, -0.15) is 0 Å². The van der Waals surface area contributed by atoms with Gasteiger partial charge in [-0.15, -0.1) is 0 Å². The first-order valence-corrected chi connectivity index (χ1v) is 15.8. The van der Waals surface area contributed by atoms with Crippen LogP contribution in [0.4, 0.5) is 4.39 Å². The zero-order valence-electron chi connectivity index (χ0n) is 26.9. The molecule has 0 saturated heterocycles. The Kier molecular flexibility index (Phi) is 9.58. The average molecular weight is 638 g/mol. The molecule has 3 heterocycles. The maximum atomic E-state index is 13.9. The summed E-state index contributed by atoms with van der Waals surface area (Å²) in [5.74, 6) is 0.750. The van der Waals surface area contributed by atoms with Gasteiger partial charge in [0, 0.05) is 72.9 Å². The minimum atomic E-state index is -0.331. The lowest BCUT2D eigenvalue weighted by molar-refractivity contribution is -0.131. The van der Waals surface area contributed by atoms with Crippen LogP contribution < -0.4 is 14.8 Å². The minimum absolute atomic E-state index is 0.0937. The maximum absolute atomic E-state index is 13.9. The molecule has 2 aromatic heterocycles. The van der Waals surface area contributed by atoms with Gasteiger partial charge in [0.15, 0.2) is 11.5 Å². The number of aromatic nitrogens is 2. The Balaban J connectivity index is 1.16. The van der Waals surface area contributed by atoms with Crippen molar-refractivity contribution in [1.82, 2.24) is 25.1 Å². The number of halogens is 1. The predicted molar refractivity (Wildman–Crippen MR) is 182 cm³/mol. The highest BCUT2D eigenvalue weighted by Gasteiger charge is 2.23. The number of benzene rings is 3. The van der Waals surface area contributed by atoms with Gasteiger partial charge in [-0.3, -0.25) is 14.5 Å². The normalized spacial score (nSPS) is 14.2. The van der Waals surface area contributed by atoms with Crippen molar-refractivity contribution in [2.75, 3.05) is 40.4 Å². The van der Waals surface area contributed by atoms with E-state index in [9.17, 15) is 14.0 Å². The van der Waals surface area contributed by atoms with Crippen molar-refractivity contribution < 1.29 is 23.5 Å². The fourth-order valence-corrected chi connectivity index (χ4v) is 6.43. The molecule has 0 spiro atoms. The third-order valence-corrected chi connectivity index (χ3v) is 8.86. The topological polar surface area (TPSA) is 103 Å². The quantitative estimate of drug-likeness (QED) is 0.164. The van der Waals surface area contributed by atoms with Gasteiger partial charge in [0.2, 0.25) is 11.8 Å². The molecule has 1 aliphatic heterocycles. The summed E-state index contributed by atoms with van der Waals surface area (Å²) in [5.41, 5.74) is 6.03. The molecule has 0 bridgehead atoms. The Morgan fingerprint density at radius 2 is 1.77 bits per heavy atom. The van der Waals surface area contributed by atoms with Crippen molar-refractivity contribution in [1.29, 1.82) is 0 Å². The second-order valence-electron chi connectivity index (χ2n) is 12.0. The summed E-state index contributed by atoms with van der Waals surface area (Å²) in [6.07, 6.45) is 7.32. The van der Waals surface area contributed by atoms with Gasteiger partial charge in [-0.05, 0) is 65.9 Å². The molecule has 0 fully saturated rings. The molecule has 244 valence electrons. The average Bonchev–Trinajstić information content (AvgIpc) is 3.68. The number of rotatable bonds is 12. The van der Waals surface area contributed by atoms with Crippen LogP contribution in [0.1, 0.15) is 30.0 Å². The second kappa shape index (κ2) is 14.1. The SMILES string of the molecule is COc1ccc(CN(C[C@@H](Cc2c[nH]c3ccccc23)NC(=O)CN2CC=C(c3c[nH]c4ccc(F)cc34)CC2)C(C)=O)cc1OC. The van der Waals surface area contributed by atoms with Crippen LogP contribution in [0.25, 0.3) is 27.4 Å². The van der Waals surface area contributed by atoms with Crippen LogP contribution in [0.5, 0.6) is 11.5 Å². The summed E-state index contributed by atoms with van der Waals surface area (Å²) in [4.78, 5) is 36.9. The third-order valence-electron chi connectivity index (χ3n) is 8.86. The molecular formula is C37H40FN5O4.